The molecule has 0 bridgehead atoms. The minimum Gasteiger partial charge on any atom is -0.497 e. The van der Waals surface area contributed by atoms with Crippen LogP contribution in [0.5, 0.6) is 5.75 Å². The van der Waals surface area contributed by atoms with Crippen molar-refractivity contribution in [3.05, 3.63) is 53.0 Å². The molecule has 2 rings (SSSR count). The first-order valence-corrected chi connectivity index (χ1v) is 10.6. The van der Waals surface area contributed by atoms with E-state index in [1.165, 1.54) is 7.11 Å². The number of nitrogens with one attached hydrogen (secondary N) is 1. The van der Waals surface area contributed by atoms with Crippen molar-refractivity contribution in [1.82, 2.24) is 0 Å². The minimum absolute atomic E-state index is 0.306. The van der Waals surface area contributed by atoms with Crippen molar-refractivity contribution < 1.29 is 17.9 Å². The number of halogens is 1. The summed E-state index contributed by atoms with van der Waals surface area (Å²) < 4.78 is 31.9. The van der Waals surface area contributed by atoms with Gasteiger partial charge in [-0.05, 0) is 46.6 Å². The molecule has 6 nitrogen and oxygen atoms in total. The van der Waals surface area contributed by atoms with Crippen molar-refractivity contribution in [2.75, 3.05) is 23.0 Å². The van der Waals surface area contributed by atoms with Crippen molar-refractivity contribution in [2.45, 2.75) is 19.4 Å². The van der Waals surface area contributed by atoms with Crippen LogP contribution in [0.4, 0.5) is 11.4 Å². The quantitative estimate of drug-likeness (QED) is 0.712. The van der Waals surface area contributed by atoms with E-state index < -0.39 is 22.0 Å². The maximum atomic E-state index is 12.8. The SMILES string of the molecule is CC[C@H](C(=O)Nc1ccccc1Br)N(c1cccc(OC)c1)S(C)(=O)=O. The second kappa shape index (κ2) is 8.55. The van der Waals surface area contributed by atoms with E-state index >= 15 is 0 Å². The summed E-state index contributed by atoms with van der Waals surface area (Å²) in [6.45, 7) is 1.77. The van der Waals surface area contributed by atoms with Crippen molar-refractivity contribution >= 4 is 43.2 Å². The van der Waals surface area contributed by atoms with E-state index in [4.69, 9.17) is 4.74 Å². The van der Waals surface area contributed by atoms with Gasteiger partial charge in [0.2, 0.25) is 15.9 Å². The van der Waals surface area contributed by atoms with E-state index in [1.807, 2.05) is 6.07 Å². The summed E-state index contributed by atoms with van der Waals surface area (Å²) in [5.74, 6) is 0.102. The molecule has 140 valence electrons. The lowest BCUT2D eigenvalue weighted by Crippen LogP contribution is -2.47. The molecule has 0 aliphatic heterocycles. The molecule has 8 heteroatoms. The topological polar surface area (TPSA) is 75.7 Å². The Morgan fingerprint density at radius 1 is 1.23 bits per heavy atom. The number of nitrogens with zero attached hydrogens (tertiary/aromatic N) is 1. The molecule has 0 radical (unpaired) electrons. The second-order valence-electron chi connectivity index (χ2n) is 5.65. The third kappa shape index (κ3) is 4.76. The summed E-state index contributed by atoms with van der Waals surface area (Å²) in [4.78, 5) is 12.8. The van der Waals surface area contributed by atoms with Crippen LogP contribution in [0.3, 0.4) is 0 Å². The Balaban J connectivity index is 2.41. The molecule has 0 fully saturated rings. The van der Waals surface area contributed by atoms with Crippen LogP contribution >= 0.6 is 15.9 Å². The lowest BCUT2D eigenvalue weighted by molar-refractivity contribution is -0.117. The second-order valence-corrected chi connectivity index (χ2v) is 8.37. The van der Waals surface area contributed by atoms with Gasteiger partial charge in [-0.3, -0.25) is 9.10 Å². The molecule has 2 aromatic carbocycles. The number of hydrogen-bond acceptors (Lipinski definition) is 4. The average Bonchev–Trinajstić information content (AvgIpc) is 2.60. The highest BCUT2D eigenvalue weighted by molar-refractivity contribution is 9.10. The first-order chi connectivity index (χ1) is 12.3. The molecular weight excluding hydrogens is 420 g/mol. The number of amides is 1. The van der Waals surface area contributed by atoms with Crippen LogP contribution in [0.15, 0.2) is 53.0 Å². The Hall–Kier alpha value is -2.06. The molecule has 1 N–H and O–H groups in total. The fourth-order valence-corrected chi connectivity index (χ4v) is 4.17. The highest BCUT2D eigenvalue weighted by Crippen LogP contribution is 2.28. The Labute approximate surface area is 162 Å². The van der Waals surface area contributed by atoms with Gasteiger partial charge in [-0.2, -0.15) is 0 Å². The number of hydrogen-bond donors (Lipinski definition) is 1. The average molecular weight is 441 g/mol. The maximum Gasteiger partial charge on any atom is 0.248 e. The summed E-state index contributed by atoms with van der Waals surface area (Å²) in [6.07, 6.45) is 1.39. The lowest BCUT2D eigenvalue weighted by atomic mass is 10.1. The van der Waals surface area contributed by atoms with Gasteiger partial charge in [0.15, 0.2) is 0 Å². The van der Waals surface area contributed by atoms with Gasteiger partial charge in [-0.15, -0.1) is 0 Å². The summed E-state index contributed by atoms with van der Waals surface area (Å²) >= 11 is 3.37. The third-order valence-corrected chi connectivity index (χ3v) is 5.64. The zero-order valence-electron chi connectivity index (χ0n) is 14.8. The Morgan fingerprint density at radius 3 is 2.50 bits per heavy atom. The number of benzene rings is 2. The van der Waals surface area contributed by atoms with Crippen LogP contribution < -0.4 is 14.4 Å². The van der Waals surface area contributed by atoms with Crippen LogP contribution in [0, 0.1) is 0 Å². The van der Waals surface area contributed by atoms with Gasteiger partial charge in [0.1, 0.15) is 11.8 Å². The van der Waals surface area contributed by atoms with E-state index in [0.717, 1.165) is 15.0 Å². The number of carbonyl (C=O) groups is 1. The van der Waals surface area contributed by atoms with Crippen molar-refractivity contribution in [2.24, 2.45) is 0 Å². The van der Waals surface area contributed by atoms with E-state index in [1.54, 1.807) is 49.4 Å². The molecule has 1 amide bonds. The van der Waals surface area contributed by atoms with Crippen LogP contribution in [-0.2, 0) is 14.8 Å². The summed E-state index contributed by atoms with van der Waals surface area (Å²) in [6, 6.07) is 12.9. The number of ether oxygens (including phenoxy) is 1. The molecule has 0 saturated heterocycles. The molecule has 0 aromatic heterocycles. The van der Waals surface area contributed by atoms with E-state index in [2.05, 4.69) is 21.2 Å². The molecule has 0 heterocycles. The van der Waals surface area contributed by atoms with Gasteiger partial charge in [0.05, 0.1) is 24.7 Å². The highest BCUT2D eigenvalue weighted by Gasteiger charge is 2.32. The number of sulfonamides is 1. The first-order valence-electron chi connectivity index (χ1n) is 7.96. The number of carbonyl (C=O) groups excluding carboxylic acids is 1. The van der Waals surface area contributed by atoms with Gasteiger partial charge >= 0.3 is 0 Å². The van der Waals surface area contributed by atoms with Crippen molar-refractivity contribution in [3.8, 4) is 5.75 Å². The monoisotopic (exact) mass is 440 g/mol. The van der Waals surface area contributed by atoms with Crippen molar-refractivity contribution in [3.63, 3.8) is 0 Å². The summed E-state index contributed by atoms with van der Waals surface area (Å²) in [7, 11) is -2.20. The standard InChI is InChI=1S/C18H21BrN2O4S/c1-4-17(18(22)20-16-11-6-5-10-15(16)19)21(26(3,23)24)13-8-7-9-14(12-13)25-2/h5-12,17H,4H2,1-3H3,(H,20,22)/t17-/m1/s1. The largest absolute Gasteiger partial charge is 0.497 e. The Morgan fingerprint density at radius 2 is 1.92 bits per heavy atom. The zero-order chi connectivity index (χ0) is 19.3. The van der Waals surface area contributed by atoms with Gasteiger partial charge in [-0.1, -0.05) is 25.1 Å². The number of rotatable bonds is 7. The zero-order valence-corrected chi connectivity index (χ0v) is 17.2. The van der Waals surface area contributed by atoms with Gasteiger partial charge in [-0.25, -0.2) is 8.42 Å². The molecule has 1 atom stereocenters. The van der Waals surface area contributed by atoms with Gasteiger partial charge in [0.25, 0.3) is 0 Å². The van der Waals surface area contributed by atoms with Gasteiger partial charge in [0, 0.05) is 10.5 Å². The molecule has 2 aromatic rings. The molecule has 0 spiro atoms. The Kier molecular flexibility index (Phi) is 6.66. The summed E-state index contributed by atoms with van der Waals surface area (Å²) in [5.41, 5.74) is 0.955. The molecule has 0 aliphatic rings. The first kappa shape index (κ1) is 20.3. The van der Waals surface area contributed by atoms with E-state index in [-0.39, 0.29) is 0 Å². The number of methoxy groups -OCH3 is 1. The fraction of sp³-hybridized carbons (Fsp3) is 0.278. The van der Waals surface area contributed by atoms with Crippen LogP contribution in [0.25, 0.3) is 0 Å². The van der Waals surface area contributed by atoms with E-state index in [9.17, 15) is 13.2 Å². The smallest absolute Gasteiger partial charge is 0.248 e. The molecule has 0 unspecified atom stereocenters. The van der Waals surface area contributed by atoms with Crippen LogP contribution in [0.1, 0.15) is 13.3 Å². The van der Waals surface area contributed by atoms with Crippen molar-refractivity contribution in [1.29, 1.82) is 0 Å². The number of para-hydroxylation sites is 1. The summed E-state index contributed by atoms with van der Waals surface area (Å²) in [5, 5.41) is 2.79. The van der Waals surface area contributed by atoms with Crippen LogP contribution in [-0.4, -0.2) is 33.7 Å². The van der Waals surface area contributed by atoms with Gasteiger partial charge < -0.3 is 10.1 Å². The van der Waals surface area contributed by atoms with Crippen LogP contribution in [0.2, 0.25) is 0 Å². The fourth-order valence-electron chi connectivity index (χ4n) is 2.59. The minimum atomic E-state index is -3.70. The predicted octanol–water partition coefficient (Wildman–Crippen LogP) is 3.64. The highest BCUT2D eigenvalue weighted by atomic mass is 79.9. The third-order valence-electron chi connectivity index (χ3n) is 3.77. The molecule has 26 heavy (non-hydrogen) atoms. The maximum absolute atomic E-state index is 12.8. The molecular formula is C18H21BrN2O4S. The Bertz CT molecular complexity index is 886. The molecule has 0 saturated carbocycles. The number of anilines is 2. The normalized spacial score (nSPS) is 12.3. The molecule has 0 aliphatic carbocycles. The van der Waals surface area contributed by atoms with E-state index in [0.29, 0.717) is 23.5 Å². The predicted molar refractivity (Wildman–Crippen MR) is 107 cm³/mol. The lowest BCUT2D eigenvalue weighted by Gasteiger charge is -2.30.